The number of carbonyl (C=O) groups excluding carboxylic acids is 1. The molecule has 162 valence electrons. The average molecular weight is 433 g/mol. The molecule has 3 rings (SSSR count). The number of nitrogens with one attached hydrogen (secondary N) is 2. The van der Waals surface area contributed by atoms with Crippen LogP contribution < -0.4 is 19.5 Å². The van der Waals surface area contributed by atoms with Crippen LogP contribution in [0.15, 0.2) is 47.4 Å². The van der Waals surface area contributed by atoms with Gasteiger partial charge in [0.25, 0.3) is 0 Å². The zero-order valence-electron chi connectivity index (χ0n) is 17.5. The summed E-state index contributed by atoms with van der Waals surface area (Å²) in [5.41, 5.74) is 2.08. The molecule has 1 unspecified atom stereocenters. The standard InChI is InChI=1S/C22H28N2O5S/c1-15(2)21(22(25)23-14-17-7-5-16(3)6-8-17)24-30(26,27)18-9-10-19-20(13-18)29-12-4-11-28-19/h5-10,13,15,21,24H,4,11-12,14H2,1-3H3,(H,23,25). The van der Waals surface area contributed by atoms with E-state index >= 15 is 0 Å². The Hall–Kier alpha value is -2.58. The fourth-order valence-corrected chi connectivity index (χ4v) is 4.40. The van der Waals surface area contributed by atoms with Crippen LogP contribution in [0.2, 0.25) is 0 Å². The molecule has 2 aromatic rings. The summed E-state index contributed by atoms with van der Waals surface area (Å²) in [5.74, 6) is 0.296. The van der Waals surface area contributed by atoms with Crippen molar-refractivity contribution in [3.63, 3.8) is 0 Å². The Labute approximate surface area is 177 Å². The Kier molecular flexibility index (Phi) is 6.99. The molecule has 2 aromatic carbocycles. The number of benzene rings is 2. The van der Waals surface area contributed by atoms with Crippen LogP contribution in [-0.2, 0) is 21.4 Å². The van der Waals surface area contributed by atoms with Crippen LogP contribution in [-0.4, -0.2) is 33.6 Å². The summed E-state index contributed by atoms with van der Waals surface area (Å²) in [7, 11) is -3.93. The van der Waals surface area contributed by atoms with Crippen molar-refractivity contribution in [2.45, 2.75) is 44.7 Å². The molecule has 1 amide bonds. The molecule has 0 bridgehead atoms. The molecule has 0 fully saturated rings. The molecule has 2 N–H and O–H groups in total. The molecule has 1 heterocycles. The van der Waals surface area contributed by atoms with Gasteiger partial charge in [0.1, 0.15) is 6.04 Å². The van der Waals surface area contributed by atoms with Crippen molar-refractivity contribution >= 4 is 15.9 Å². The number of hydrogen-bond acceptors (Lipinski definition) is 5. The first-order chi connectivity index (χ1) is 14.3. The molecule has 0 saturated heterocycles. The van der Waals surface area contributed by atoms with E-state index in [1.807, 2.05) is 31.2 Å². The minimum absolute atomic E-state index is 0.0312. The lowest BCUT2D eigenvalue weighted by Crippen LogP contribution is -2.49. The van der Waals surface area contributed by atoms with Gasteiger partial charge in [0.05, 0.1) is 18.1 Å². The first kappa shape index (κ1) is 22.1. The fraction of sp³-hybridized carbons (Fsp3) is 0.409. The molecule has 1 aliphatic heterocycles. The lowest BCUT2D eigenvalue weighted by molar-refractivity contribution is -0.123. The van der Waals surface area contributed by atoms with Crippen LogP contribution in [0, 0.1) is 12.8 Å². The second-order valence-electron chi connectivity index (χ2n) is 7.71. The van der Waals surface area contributed by atoms with Crippen LogP contribution in [0.5, 0.6) is 11.5 Å². The van der Waals surface area contributed by atoms with Crippen LogP contribution >= 0.6 is 0 Å². The molecular formula is C22H28N2O5S. The Balaban J connectivity index is 1.72. The van der Waals surface area contributed by atoms with Crippen molar-refractivity contribution in [2.75, 3.05) is 13.2 Å². The minimum Gasteiger partial charge on any atom is -0.490 e. The maximum Gasteiger partial charge on any atom is 0.241 e. The highest BCUT2D eigenvalue weighted by atomic mass is 32.2. The zero-order valence-corrected chi connectivity index (χ0v) is 18.3. The van der Waals surface area contributed by atoms with Crippen molar-refractivity contribution in [3.8, 4) is 11.5 Å². The fourth-order valence-electron chi connectivity index (χ4n) is 3.04. The maximum absolute atomic E-state index is 12.9. The molecule has 0 aliphatic carbocycles. The van der Waals surface area contributed by atoms with Gasteiger partial charge in [-0.2, -0.15) is 4.72 Å². The second kappa shape index (κ2) is 9.49. The average Bonchev–Trinajstić information content (AvgIpc) is 2.96. The number of amides is 1. The van der Waals surface area contributed by atoms with E-state index in [1.165, 1.54) is 12.1 Å². The number of sulfonamides is 1. The number of ether oxygens (including phenoxy) is 2. The highest BCUT2D eigenvalue weighted by Gasteiger charge is 2.29. The quantitative estimate of drug-likeness (QED) is 0.702. The number of carbonyl (C=O) groups is 1. The van der Waals surface area contributed by atoms with E-state index in [0.717, 1.165) is 17.5 Å². The van der Waals surface area contributed by atoms with Gasteiger partial charge < -0.3 is 14.8 Å². The number of rotatable bonds is 7. The third kappa shape index (κ3) is 5.52. The third-order valence-corrected chi connectivity index (χ3v) is 6.29. The Morgan fingerprint density at radius 3 is 2.37 bits per heavy atom. The van der Waals surface area contributed by atoms with Gasteiger partial charge in [-0.15, -0.1) is 0 Å². The smallest absolute Gasteiger partial charge is 0.241 e. The number of fused-ring (bicyclic) bond motifs is 1. The highest BCUT2D eigenvalue weighted by Crippen LogP contribution is 2.32. The largest absolute Gasteiger partial charge is 0.490 e. The van der Waals surface area contributed by atoms with Crippen molar-refractivity contribution < 1.29 is 22.7 Å². The molecule has 7 nitrogen and oxygen atoms in total. The van der Waals surface area contributed by atoms with E-state index in [1.54, 1.807) is 19.9 Å². The van der Waals surface area contributed by atoms with Crippen LogP contribution in [0.1, 0.15) is 31.4 Å². The van der Waals surface area contributed by atoms with E-state index in [9.17, 15) is 13.2 Å². The number of hydrogen-bond donors (Lipinski definition) is 2. The van der Waals surface area contributed by atoms with E-state index in [2.05, 4.69) is 10.0 Å². The van der Waals surface area contributed by atoms with E-state index in [0.29, 0.717) is 31.3 Å². The van der Waals surface area contributed by atoms with Crippen LogP contribution in [0.25, 0.3) is 0 Å². The number of aryl methyl sites for hydroxylation is 1. The van der Waals surface area contributed by atoms with Gasteiger partial charge in [0, 0.05) is 19.0 Å². The summed E-state index contributed by atoms with van der Waals surface area (Å²) in [5, 5.41) is 2.82. The van der Waals surface area contributed by atoms with E-state index < -0.39 is 16.1 Å². The lowest BCUT2D eigenvalue weighted by atomic mass is 10.0. The Morgan fingerprint density at radius 1 is 1.03 bits per heavy atom. The second-order valence-corrected chi connectivity index (χ2v) is 9.42. The van der Waals surface area contributed by atoms with Crippen LogP contribution in [0.4, 0.5) is 0 Å². The van der Waals surface area contributed by atoms with Gasteiger partial charge in [-0.05, 0) is 30.5 Å². The van der Waals surface area contributed by atoms with Gasteiger partial charge >= 0.3 is 0 Å². The molecule has 0 aromatic heterocycles. The van der Waals surface area contributed by atoms with Crippen LogP contribution in [0.3, 0.4) is 0 Å². The summed E-state index contributed by atoms with van der Waals surface area (Å²) in [6.07, 6.45) is 0.728. The molecule has 8 heteroatoms. The molecular weight excluding hydrogens is 404 g/mol. The molecule has 30 heavy (non-hydrogen) atoms. The van der Waals surface area contributed by atoms with Crippen molar-refractivity contribution in [1.82, 2.24) is 10.0 Å². The molecule has 1 aliphatic rings. The SMILES string of the molecule is Cc1ccc(CNC(=O)C(NS(=O)(=O)c2ccc3c(c2)OCCCO3)C(C)C)cc1. The highest BCUT2D eigenvalue weighted by molar-refractivity contribution is 7.89. The van der Waals surface area contributed by atoms with Gasteiger partial charge in [0.15, 0.2) is 11.5 Å². The zero-order chi connectivity index (χ0) is 21.7. The summed E-state index contributed by atoms with van der Waals surface area (Å²) in [4.78, 5) is 12.8. The first-order valence-corrected chi connectivity index (χ1v) is 11.5. The first-order valence-electron chi connectivity index (χ1n) is 10.0. The molecule has 0 radical (unpaired) electrons. The lowest BCUT2D eigenvalue weighted by Gasteiger charge is -2.22. The van der Waals surface area contributed by atoms with Crippen molar-refractivity contribution in [2.24, 2.45) is 5.92 Å². The van der Waals surface area contributed by atoms with E-state index in [4.69, 9.17) is 9.47 Å². The topological polar surface area (TPSA) is 93.7 Å². The monoisotopic (exact) mass is 432 g/mol. The predicted molar refractivity (Wildman–Crippen MR) is 114 cm³/mol. The molecule has 0 spiro atoms. The third-order valence-electron chi connectivity index (χ3n) is 4.85. The Bertz CT molecular complexity index is 987. The van der Waals surface area contributed by atoms with Gasteiger partial charge in [-0.1, -0.05) is 43.7 Å². The summed E-state index contributed by atoms with van der Waals surface area (Å²) < 4.78 is 39.6. The Morgan fingerprint density at radius 2 is 1.70 bits per heavy atom. The minimum atomic E-state index is -3.93. The summed E-state index contributed by atoms with van der Waals surface area (Å²) >= 11 is 0. The summed E-state index contributed by atoms with van der Waals surface area (Å²) in [6, 6.07) is 11.4. The van der Waals surface area contributed by atoms with Gasteiger partial charge in [-0.25, -0.2) is 8.42 Å². The van der Waals surface area contributed by atoms with Crippen molar-refractivity contribution in [1.29, 1.82) is 0 Å². The van der Waals surface area contributed by atoms with Gasteiger partial charge in [-0.3, -0.25) is 4.79 Å². The molecule has 0 saturated carbocycles. The van der Waals surface area contributed by atoms with Gasteiger partial charge in [0.2, 0.25) is 15.9 Å². The predicted octanol–water partition coefficient (Wildman–Crippen LogP) is 2.78. The van der Waals surface area contributed by atoms with E-state index in [-0.39, 0.29) is 16.7 Å². The normalized spacial score (nSPS) is 14.8. The molecule has 1 atom stereocenters. The van der Waals surface area contributed by atoms with Crippen molar-refractivity contribution in [3.05, 3.63) is 53.6 Å². The maximum atomic E-state index is 12.9. The summed E-state index contributed by atoms with van der Waals surface area (Å²) in [6.45, 7) is 6.90.